The molecule has 2 aromatic heterocycles. The molecule has 0 bridgehead atoms. The summed E-state index contributed by atoms with van der Waals surface area (Å²) in [7, 11) is 2.01. The van der Waals surface area contributed by atoms with Crippen molar-refractivity contribution in [2.75, 3.05) is 12.8 Å². The third-order valence-electron chi connectivity index (χ3n) is 2.85. The normalized spacial score (nSPS) is 13.4. The van der Waals surface area contributed by atoms with E-state index < -0.39 is 0 Å². The van der Waals surface area contributed by atoms with Gasteiger partial charge in [-0.3, -0.25) is 4.40 Å². The molecule has 0 saturated heterocycles. The number of aromatic nitrogens is 3. The Morgan fingerprint density at radius 2 is 2.18 bits per heavy atom. The molecule has 0 saturated carbocycles. The van der Waals surface area contributed by atoms with Crippen molar-refractivity contribution in [3.8, 4) is 0 Å². The predicted octanol–water partition coefficient (Wildman–Crippen LogP) is 2.07. The highest BCUT2D eigenvalue weighted by Crippen LogP contribution is 2.19. The maximum atomic E-state index is 4.21. The zero-order valence-electron chi connectivity index (χ0n) is 10.4. The third kappa shape index (κ3) is 2.79. The van der Waals surface area contributed by atoms with Crippen LogP contribution in [-0.2, 0) is 0 Å². The van der Waals surface area contributed by atoms with Crippen LogP contribution in [0, 0.1) is 5.92 Å². The van der Waals surface area contributed by atoms with E-state index in [4.69, 9.17) is 0 Å². The molecule has 0 spiro atoms. The molecule has 1 atom stereocenters. The predicted molar refractivity (Wildman–Crippen MR) is 71.4 cm³/mol. The van der Waals surface area contributed by atoms with Crippen molar-refractivity contribution in [1.82, 2.24) is 19.9 Å². The summed E-state index contributed by atoms with van der Waals surface area (Å²) in [5.41, 5.74) is 0.903. The summed E-state index contributed by atoms with van der Waals surface area (Å²) in [4.78, 5) is 0. The molecule has 0 aliphatic heterocycles. The Kier molecular flexibility index (Phi) is 4.02. The van der Waals surface area contributed by atoms with Crippen LogP contribution in [0.15, 0.2) is 29.6 Å². The Morgan fingerprint density at radius 1 is 1.35 bits per heavy atom. The molecule has 1 unspecified atom stereocenters. The number of pyridine rings is 1. The Morgan fingerprint density at radius 3 is 2.88 bits per heavy atom. The summed E-state index contributed by atoms with van der Waals surface area (Å²) < 4.78 is 2.03. The Bertz CT molecular complexity index is 480. The van der Waals surface area contributed by atoms with Crippen molar-refractivity contribution in [2.45, 2.75) is 25.0 Å². The molecule has 1 N–H and O–H groups in total. The highest BCUT2D eigenvalue weighted by Gasteiger charge is 2.13. The molecule has 17 heavy (non-hydrogen) atoms. The molecular weight excluding hydrogens is 232 g/mol. The van der Waals surface area contributed by atoms with Gasteiger partial charge in [-0.2, -0.15) is 0 Å². The van der Waals surface area contributed by atoms with Crippen molar-refractivity contribution >= 4 is 17.4 Å². The number of thioether (sulfide) groups is 1. The molecule has 0 aromatic carbocycles. The lowest BCUT2D eigenvalue weighted by Crippen LogP contribution is -2.32. The van der Waals surface area contributed by atoms with Crippen LogP contribution in [0.3, 0.4) is 0 Å². The van der Waals surface area contributed by atoms with Gasteiger partial charge in [0.25, 0.3) is 0 Å². The molecule has 0 fully saturated rings. The first-order valence-corrected chi connectivity index (χ1v) is 6.80. The Balaban J connectivity index is 2.08. The van der Waals surface area contributed by atoms with Crippen molar-refractivity contribution in [3.05, 3.63) is 24.4 Å². The van der Waals surface area contributed by atoms with Crippen LogP contribution in [0.1, 0.15) is 13.8 Å². The van der Waals surface area contributed by atoms with E-state index in [1.165, 1.54) is 0 Å². The van der Waals surface area contributed by atoms with E-state index in [1.54, 1.807) is 11.8 Å². The zero-order valence-corrected chi connectivity index (χ0v) is 11.2. The van der Waals surface area contributed by atoms with Crippen LogP contribution in [0.5, 0.6) is 0 Å². The van der Waals surface area contributed by atoms with Gasteiger partial charge in [0.05, 0.1) is 0 Å². The Labute approximate surface area is 106 Å². The van der Waals surface area contributed by atoms with E-state index in [9.17, 15) is 0 Å². The number of nitrogens with one attached hydrogen (secondary N) is 1. The van der Waals surface area contributed by atoms with Crippen LogP contribution in [0.2, 0.25) is 0 Å². The van der Waals surface area contributed by atoms with Gasteiger partial charge < -0.3 is 5.32 Å². The molecule has 2 rings (SSSR count). The maximum Gasteiger partial charge on any atom is 0.195 e. The van der Waals surface area contributed by atoms with Crippen LogP contribution in [0.4, 0.5) is 0 Å². The third-order valence-corrected chi connectivity index (χ3v) is 3.91. The van der Waals surface area contributed by atoms with Crippen LogP contribution in [0.25, 0.3) is 5.65 Å². The van der Waals surface area contributed by atoms with Gasteiger partial charge in [-0.1, -0.05) is 31.7 Å². The number of fused-ring (bicyclic) bond motifs is 1. The van der Waals surface area contributed by atoms with E-state index in [0.29, 0.717) is 12.0 Å². The first-order chi connectivity index (χ1) is 8.22. The molecule has 5 heteroatoms. The summed E-state index contributed by atoms with van der Waals surface area (Å²) in [6.07, 6.45) is 2.00. The lowest BCUT2D eigenvalue weighted by atomic mass is 10.1. The topological polar surface area (TPSA) is 42.2 Å². The molecule has 0 aliphatic rings. The smallest absolute Gasteiger partial charge is 0.195 e. The van der Waals surface area contributed by atoms with Crippen molar-refractivity contribution in [1.29, 1.82) is 0 Å². The first-order valence-electron chi connectivity index (χ1n) is 5.82. The van der Waals surface area contributed by atoms with Crippen LogP contribution in [-0.4, -0.2) is 33.4 Å². The summed E-state index contributed by atoms with van der Waals surface area (Å²) >= 11 is 1.74. The first kappa shape index (κ1) is 12.4. The second-order valence-corrected chi connectivity index (χ2v) is 5.35. The lowest BCUT2D eigenvalue weighted by Gasteiger charge is -2.18. The van der Waals surface area contributed by atoms with E-state index in [1.807, 2.05) is 35.8 Å². The number of hydrogen-bond donors (Lipinski definition) is 1. The average Bonchev–Trinajstić information content (AvgIpc) is 2.73. The second-order valence-electron chi connectivity index (χ2n) is 4.36. The van der Waals surface area contributed by atoms with Gasteiger partial charge in [-0.05, 0) is 25.1 Å². The lowest BCUT2D eigenvalue weighted by molar-refractivity contribution is 0.465. The molecule has 4 nitrogen and oxygen atoms in total. The van der Waals surface area contributed by atoms with Gasteiger partial charge >= 0.3 is 0 Å². The summed E-state index contributed by atoms with van der Waals surface area (Å²) in [6.45, 7) is 4.45. The number of nitrogens with zero attached hydrogens (tertiary/aromatic N) is 3. The van der Waals surface area contributed by atoms with Crippen LogP contribution < -0.4 is 5.32 Å². The SMILES string of the molecule is CNC(CSc1nnc2ccccn12)C(C)C. The molecule has 0 aliphatic carbocycles. The molecule has 0 radical (unpaired) electrons. The fraction of sp³-hybridized carbons (Fsp3) is 0.500. The van der Waals surface area contributed by atoms with Gasteiger partial charge in [0.2, 0.25) is 0 Å². The van der Waals surface area contributed by atoms with Crippen molar-refractivity contribution in [2.24, 2.45) is 5.92 Å². The van der Waals surface area contributed by atoms with Gasteiger partial charge in [0.1, 0.15) is 0 Å². The second kappa shape index (κ2) is 5.51. The minimum absolute atomic E-state index is 0.496. The molecule has 92 valence electrons. The minimum atomic E-state index is 0.496. The van der Waals surface area contributed by atoms with E-state index in [0.717, 1.165) is 16.6 Å². The zero-order chi connectivity index (χ0) is 12.3. The summed E-state index contributed by atoms with van der Waals surface area (Å²) in [5, 5.41) is 12.6. The quantitative estimate of drug-likeness (QED) is 0.825. The molecule has 2 aromatic rings. The number of rotatable bonds is 5. The Hall–Kier alpha value is -1.07. The monoisotopic (exact) mass is 250 g/mol. The van der Waals surface area contributed by atoms with Gasteiger partial charge in [-0.25, -0.2) is 0 Å². The fourth-order valence-corrected chi connectivity index (χ4v) is 2.96. The molecular formula is C12H18N4S. The van der Waals surface area contributed by atoms with E-state index in [-0.39, 0.29) is 0 Å². The maximum absolute atomic E-state index is 4.21. The fourth-order valence-electron chi connectivity index (χ4n) is 1.69. The average molecular weight is 250 g/mol. The van der Waals surface area contributed by atoms with Crippen molar-refractivity contribution < 1.29 is 0 Å². The largest absolute Gasteiger partial charge is 0.316 e. The van der Waals surface area contributed by atoms with Crippen LogP contribution >= 0.6 is 11.8 Å². The van der Waals surface area contributed by atoms with Gasteiger partial charge in [0.15, 0.2) is 10.8 Å². The van der Waals surface area contributed by atoms with E-state index in [2.05, 4.69) is 29.4 Å². The summed E-state index contributed by atoms with van der Waals surface area (Å²) in [5.74, 6) is 1.62. The highest BCUT2D eigenvalue weighted by molar-refractivity contribution is 7.99. The number of hydrogen-bond acceptors (Lipinski definition) is 4. The highest BCUT2D eigenvalue weighted by atomic mass is 32.2. The van der Waals surface area contributed by atoms with Crippen molar-refractivity contribution in [3.63, 3.8) is 0 Å². The van der Waals surface area contributed by atoms with E-state index >= 15 is 0 Å². The van der Waals surface area contributed by atoms with Gasteiger partial charge in [0, 0.05) is 18.0 Å². The molecule has 0 amide bonds. The van der Waals surface area contributed by atoms with Gasteiger partial charge in [-0.15, -0.1) is 10.2 Å². The minimum Gasteiger partial charge on any atom is -0.316 e. The standard InChI is InChI=1S/C12H18N4S/c1-9(2)10(13-3)8-17-12-15-14-11-6-4-5-7-16(11)12/h4-7,9-10,13H,8H2,1-3H3. The summed E-state index contributed by atoms with van der Waals surface area (Å²) in [6, 6.07) is 6.44. The molecule has 2 heterocycles.